The minimum atomic E-state index is -0.579. The Balaban J connectivity index is 1.50. The van der Waals surface area contributed by atoms with Crippen LogP contribution in [0.4, 0.5) is 15.8 Å². The van der Waals surface area contributed by atoms with Crippen molar-refractivity contribution >= 4 is 23.2 Å². The molecule has 0 spiro atoms. The van der Waals surface area contributed by atoms with Gasteiger partial charge in [-0.2, -0.15) is 0 Å². The van der Waals surface area contributed by atoms with Gasteiger partial charge in [-0.3, -0.25) is 9.59 Å². The molecule has 0 aromatic heterocycles. The van der Waals surface area contributed by atoms with Gasteiger partial charge in [0.25, 0.3) is 11.8 Å². The van der Waals surface area contributed by atoms with Crippen molar-refractivity contribution in [1.82, 2.24) is 4.90 Å². The lowest BCUT2D eigenvalue weighted by molar-refractivity contribution is -0.121. The summed E-state index contributed by atoms with van der Waals surface area (Å²) in [5, 5.41) is 2.71. The minimum absolute atomic E-state index is 0.00787. The SMILES string of the molecule is O=C(Nc1ccc2c(c1)N(CCN1CCCCC1)C(=O)CO2)c1ccccc1F. The molecule has 0 aliphatic carbocycles. The molecule has 152 valence electrons. The van der Waals surface area contributed by atoms with Crippen LogP contribution in [0.1, 0.15) is 29.6 Å². The summed E-state index contributed by atoms with van der Waals surface area (Å²) in [7, 11) is 0. The molecule has 0 radical (unpaired) electrons. The Morgan fingerprint density at radius 3 is 2.66 bits per heavy atom. The number of fused-ring (bicyclic) bond motifs is 1. The maximum Gasteiger partial charge on any atom is 0.265 e. The zero-order valence-corrected chi connectivity index (χ0v) is 16.2. The second-order valence-corrected chi connectivity index (χ2v) is 7.35. The number of piperidine rings is 1. The largest absolute Gasteiger partial charge is 0.482 e. The van der Waals surface area contributed by atoms with Crippen molar-refractivity contribution in [3.63, 3.8) is 0 Å². The maximum absolute atomic E-state index is 13.9. The smallest absolute Gasteiger partial charge is 0.265 e. The highest BCUT2D eigenvalue weighted by Crippen LogP contribution is 2.34. The van der Waals surface area contributed by atoms with E-state index >= 15 is 0 Å². The van der Waals surface area contributed by atoms with Gasteiger partial charge in [-0.25, -0.2) is 4.39 Å². The lowest BCUT2D eigenvalue weighted by Gasteiger charge is -2.33. The van der Waals surface area contributed by atoms with Gasteiger partial charge in [0.15, 0.2) is 6.61 Å². The molecule has 7 heteroatoms. The molecule has 29 heavy (non-hydrogen) atoms. The monoisotopic (exact) mass is 397 g/mol. The Bertz CT molecular complexity index is 912. The first-order valence-corrected chi connectivity index (χ1v) is 9.97. The highest BCUT2D eigenvalue weighted by Gasteiger charge is 2.26. The first kappa shape index (κ1) is 19.4. The van der Waals surface area contributed by atoms with Crippen molar-refractivity contribution in [2.75, 3.05) is 43.0 Å². The van der Waals surface area contributed by atoms with E-state index in [1.54, 1.807) is 29.2 Å². The Hall–Kier alpha value is -2.93. The van der Waals surface area contributed by atoms with Gasteiger partial charge in [-0.05, 0) is 56.3 Å². The summed E-state index contributed by atoms with van der Waals surface area (Å²) in [4.78, 5) is 29.0. The predicted molar refractivity (Wildman–Crippen MR) is 109 cm³/mol. The van der Waals surface area contributed by atoms with Crippen LogP contribution in [0.2, 0.25) is 0 Å². The van der Waals surface area contributed by atoms with Gasteiger partial charge in [-0.1, -0.05) is 18.6 Å². The Morgan fingerprint density at radius 2 is 1.86 bits per heavy atom. The molecule has 2 aromatic rings. The summed E-state index contributed by atoms with van der Waals surface area (Å²) in [5.74, 6) is -0.616. The molecule has 6 nitrogen and oxygen atoms in total. The van der Waals surface area contributed by atoms with Crippen LogP contribution in [-0.4, -0.2) is 49.5 Å². The van der Waals surface area contributed by atoms with E-state index in [1.165, 1.54) is 37.5 Å². The number of anilines is 2. The van der Waals surface area contributed by atoms with Crippen molar-refractivity contribution in [2.45, 2.75) is 19.3 Å². The van der Waals surface area contributed by atoms with Crippen molar-refractivity contribution in [3.8, 4) is 5.75 Å². The van der Waals surface area contributed by atoms with E-state index < -0.39 is 11.7 Å². The lowest BCUT2D eigenvalue weighted by atomic mass is 10.1. The fourth-order valence-corrected chi connectivity index (χ4v) is 3.79. The molecule has 4 rings (SSSR count). The number of carbonyl (C=O) groups is 2. The average molecular weight is 397 g/mol. The molecule has 2 aliphatic rings. The van der Waals surface area contributed by atoms with Gasteiger partial charge >= 0.3 is 0 Å². The summed E-state index contributed by atoms with van der Waals surface area (Å²) in [6.45, 7) is 3.50. The first-order chi connectivity index (χ1) is 14.1. The summed E-state index contributed by atoms with van der Waals surface area (Å²) in [6.07, 6.45) is 3.65. The number of hydrogen-bond donors (Lipinski definition) is 1. The van der Waals surface area contributed by atoms with E-state index in [4.69, 9.17) is 4.74 Å². The Kier molecular flexibility index (Phi) is 5.76. The third-order valence-corrected chi connectivity index (χ3v) is 5.37. The number of halogens is 1. The molecule has 2 amide bonds. The molecule has 0 atom stereocenters. The average Bonchev–Trinajstić information content (AvgIpc) is 2.74. The van der Waals surface area contributed by atoms with Crippen LogP contribution in [0.25, 0.3) is 0 Å². The topological polar surface area (TPSA) is 61.9 Å². The first-order valence-electron chi connectivity index (χ1n) is 9.97. The van der Waals surface area contributed by atoms with Crippen LogP contribution in [0.5, 0.6) is 5.75 Å². The van der Waals surface area contributed by atoms with Gasteiger partial charge < -0.3 is 19.9 Å². The molecule has 0 bridgehead atoms. The van der Waals surface area contributed by atoms with Crippen molar-refractivity contribution < 1.29 is 18.7 Å². The lowest BCUT2D eigenvalue weighted by Crippen LogP contribution is -2.44. The van der Waals surface area contributed by atoms with Gasteiger partial charge in [0, 0.05) is 18.8 Å². The van der Waals surface area contributed by atoms with Crippen LogP contribution in [-0.2, 0) is 4.79 Å². The van der Waals surface area contributed by atoms with E-state index in [-0.39, 0.29) is 18.1 Å². The number of likely N-dealkylation sites (tertiary alicyclic amines) is 1. The molecule has 1 N–H and O–H groups in total. The van der Waals surface area contributed by atoms with Gasteiger partial charge in [0.1, 0.15) is 11.6 Å². The van der Waals surface area contributed by atoms with Gasteiger partial charge in [0.2, 0.25) is 0 Å². The number of nitrogens with one attached hydrogen (secondary N) is 1. The van der Waals surface area contributed by atoms with Gasteiger partial charge in [-0.15, -0.1) is 0 Å². The summed E-state index contributed by atoms with van der Waals surface area (Å²) < 4.78 is 19.4. The van der Waals surface area contributed by atoms with Crippen LogP contribution in [0.3, 0.4) is 0 Å². The van der Waals surface area contributed by atoms with Gasteiger partial charge in [0.05, 0.1) is 11.3 Å². The molecule has 0 saturated carbocycles. The number of benzene rings is 2. The molecular weight excluding hydrogens is 373 g/mol. The fourth-order valence-electron chi connectivity index (χ4n) is 3.79. The van der Waals surface area contributed by atoms with E-state index in [2.05, 4.69) is 10.2 Å². The standard InChI is InChI=1S/C22H24FN3O3/c23-18-7-3-2-6-17(18)22(28)24-16-8-9-20-19(14-16)26(21(27)15-29-20)13-12-25-10-4-1-5-11-25/h2-3,6-9,14H,1,4-5,10-13,15H2,(H,24,28). The second-order valence-electron chi connectivity index (χ2n) is 7.35. The Labute approximate surface area is 169 Å². The normalized spacial score (nSPS) is 16.9. The van der Waals surface area contributed by atoms with E-state index in [0.29, 0.717) is 23.7 Å². The van der Waals surface area contributed by atoms with Crippen molar-refractivity contribution in [2.24, 2.45) is 0 Å². The van der Waals surface area contributed by atoms with Crippen molar-refractivity contribution in [3.05, 3.63) is 53.8 Å². The zero-order valence-electron chi connectivity index (χ0n) is 16.2. The summed E-state index contributed by atoms with van der Waals surface area (Å²) in [6, 6.07) is 11.0. The zero-order chi connectivity index (χ0) is 20.2. The molecule has 1 fully saturated rings. The number of amides is 2. The summed E-state index contributed by atoms with van der Waals surface area (Å²) >= 11 is 0. The third-order valence-electron chi connectivity index (χ3n) is 5.37. The number of carbonyl (C=O) groups excluding carboxylic acids is 2. The molecule has 2 heterocycles. The van der Waals surface area contributed by atoms with Crippen LogP contribution in [0.15, 0.2) is 42.5 Å². The number of ether oxygens (including phenoxy) is 1. The molecule has 2 aromatic carbocycles. The minimum Gasteiger partial charge on any atom is -0.482 e. The van der Waals surface area contributed by atoms with E-state index in [0.717, 1.165) is 19.6 Å². The third kappa shape index (κ3) is 4.40. The Morgan fingerprint density at radius 1 is 1.07 bits per heavy atom. The number of rotatable bonds is 5. The van der Waals surface area contributed by atoms with E-state index in [9.17, 15) is 14.0 Å². The predicted octanol–water partition coefficient (Wildman–Crippen LogP) is 3.29. The molecule has 1 saturated heterocycles. The number of nitrogens with zero attached hydrogens (tertiary/aromatic N) is 2. The highest BCUT2D eigenvalue weighted by atomic mass is 19.1. The van der Waals surface area contributed by atoms with Crippen LogP contribution in [0, 0.1) is 5.82 Å². The molecule has 2 aliphatic heterocycles. The maximum atomic E-state index is 13.9. The van der Waals surface area contributed by atoms with Crippen LogP contribution < -0.4 is 15.0 Å². The van der Waals surface area contributed by atoms with Crippen LogP contribution >= 0.6 is 0 Å². The molecule has 0 unspecified atom stereocenters. The molecular formula is C22H24FN3O3. The number of hydrogen-bond acceptors (Lipinski definition) is 4. The van der Waals surface area contributed by atoms with Crippen molar-refractivity contribution in [1.29, 1.82) is 0 Å². The highest BCUT2D eigenvalue weighted by molar-refractivity contribution is 6.05. The summed E-state index contributed by atoms with van der Waals surface area (Å²) in [5.41, 5.74) is 1.09. The fraction of sp³-hybridized carbons (Fsp3) is 0.364. The second kappa shape index (κ2) is 8.61. The quantitative estimate of drug-likeness (QED) is 0.841. The van der Waals surface area contributed by atoms with E-state index in [1.807, 2.05) is 0 Å².